The predicted octanol–water partition coefficient (Wildman–Crippen LogP) is 2.73. The van der Waals surface area contributed by atoms with Gasteiger partial charge in [0.05, 0.1) is 20.3 Å². The number of para-hydroxylation sites is 2. The molecule has 2 aromatic carbocycles. The molecular weight excluding hydrogens is 392 g/mol. The minimum atomic E-state index is -3.83. The lowest BCUT2D eigenvalue weighted by atomic mass is 10.1. The van der Waals surface area contributed by atoms with E-state index in [2.05, 4.69) is 5.32 Å². The molecule has 0 aromatic heterocycles. The zero-order chi connectivity index (χ0) is 21.3. The molecule has 3 N–H and O–H groups in total. The van der Waals surface area contributed by atoms with Crippen LogP contribution in [0.1, 0.15) is 25.8 Å². The molecule has 0 radical (unpaired) electrons. The van der Waals surface area contributed by atoms with Crippen molar-refractivity contribution < 1.29 is 22.6 Å². The maximum Gasteiger partial charge on any atom is 0.241 e. The molecule has 1 atom stereocenters. The van der Waals surface area contributed by atoms with Gasteiger partial charge in [0.25, 0.3) is 0 Å². The molecule has 0 aliphatic heterocycles. The first kappa shape index (κ1) is 23.0. The fraction of sp³-hybridized carbons (Fsp3) is 0.429. The average Bonchev–Trinajstić information content (AvgIpc) is 2.68. The summed E-state index contributed by atoms with van der Waals surface area (Å²) in [6.07, 6.45) is 1.50. The van der Waals surface area contributed by atoms with Gasteiger partial charge in [0, 0.05) is 6.04 Å². The second kappa shape index (κ2) is 11.0. The lowest BCUT2D eigenvalue weighted by molar-refractivity contribution is 0.271. The molecule has 0 amide bonds. The van der Waals surface area contributed by atoms with Gasteiger partial charge < -0.3 is 19.5 Å². The number of hydrogen-bond acceptors (Lipinski definition) is 6. The first-order valence-electron chi connectivity index (χ1n) is 9.63. The molecule has 0 heterocycles. The second-order valence-corrected chi connectivity index (χ2v) is 8.20. The van der Waals surface area contributed by atoms with Gasteiger partial charge >= 0.3 is 0 Å². The molecule has 2 rings (SSSR count). The number of sulfonamides is 1. The molecule has 0 unspecified atom stereocenters. The van der Waals surface area contributed by atoms with Crippen LogP contribution in [0.15, 0.2) is 47.4 Å². The normalized spacial score (nSPS) is 12.4. The highest BCUT2D eigenvalue weighted by Gasteiger charge is 2.16. The van der Waals surface area contributed by atoms with Gasteiger partial charge in [-0.05, 0) is 63.1 Å². The highest BCUT2D eigenvalue weighted by atomic mass is 32.2. The smallest absolute Gasteiger partial charge is 0.241 e. The average molecular weight is 423 g/mol. The summed E-state index contributed by atoms with van der Waals surface area (Å²) in [4.78, 5) is 0.00561. The molecule has 0 fully saturated rings. The molecule has 7 nitrogen and oxygen atoms in total. The van der Waals surface area contributed by atoms with E-state index < -0.39 is 10.0 Å². The van der Waals surface area contributed by atoms with Gasteiger partial charge in [0.1, 0.15) is 10.6 Å². The Morgan fingerprint density at radius 1 is 1.07 bits per heavy atom. The number of rotatable bonds is 12. The van der Waals surface area contributed by atoms with Gasteiger partial charge in [0.2, 0.25) is 10.0 Å². The summed E-state index contributed by atoms with van der Waals surface area (Å²) in [5, 5.41) is 8.70. The van der Waals surface area contributed by atoms with Crippen LogP contribution < -0.4 is 24.7 Å². The van der Waals surface area contributed by atoms with Crippen LogP contribution in [-0.2, 0) is 16.4 Å². The number of hydrogen-bond donors (Lipinski definition) is 2. The predicted molar refractivity (Wildman–Crippen MR) is 113 cm³/mol. The van der Waals surface area contributed by atoms with Crippen molar-refractivity contribution in [3.8, 4) is 17.2 Å². The first-order valence-corrected chi connectivity index (χ1v) is 11.2. The van der Waals surface area contributed by atoms with Gasteiger partial charge in [0.15, 0.2) is 11.5 Å². The number of benzene rings is 2. The van der Waals surface area contributed by atoms with Crippen molar-refractivity contribution in [2.75, 3.05) is 26.9 Å². The maximum atomic E-state index is 11.7. The van der Waals surface area contributed by atoms with E-state index in [1.807, 2.05) is 44.2 Å². The summed E-state index contributed by atoms with van der Waals surface area (Å²) in [5.74, 6) is 1.75. The van der Waals surface area contributed by atoms with Crippen molar-refractivity contribution in [3.05, 3.63) is 48.0 Å². The van der Waals surface area contributed by atoms with Crippen molar-refractivity contribution in [1.82, 2.24) is 5.32 Å². The summed E-state index contributed by atoms with van der Waals surface area (Å²) in [5.41, 5.74) is 0.872. The summed E-state index contributed by atoms with van der Waals surface area (Å²) >= 11 is 0. The van der Waals surface area contributed by atoms with Crippen LogP contribution in [0.3, 0.4) is 0 Å². The standard InChI is InChI=1S/C21H30N2O5S/c1-4-27-18-8-5-6-9-19(18)28-13-7-12-23-16(2)14-17-10-11-20(26-3)21(15-17)29(22,24)25/h5-6,8-11,15-16,23H,4,7,12-14H2,1-3H3,(H2,22,24,25)/t16-/m1/s1. The van der Waals surface area contributed by atoms with Gasteiger partial charge in [-0.15, -0.1) is 0 Å². The number of ether oxygens (including phenoxy) is 3. The minimum Gasteiger partial charge on any atom is -0.495 e. The maximum absolute atomic E-state index is 11.7. The van der Waals surface area contributed by atoms with E-state index in [1.165, 1.54) is 7.11 Å². The number of methoxy groups -OCH3 is 1. The molecule has 0 spiro atoms. The third-order valence-electron chi connectivity index (χ3n) is 4.30. The Balaban J connectivity index is 1.80. The molecular formula is C21H30N2O5S. The van der Waals surface area contributed by atoms with Crippen molar-refractivity contribution in [2.24, 2.45) is 5.14 Å². The Morgan fingerprint density at radius 3 is 2.38 bits per heavy atom. The lowest BCUT2D eigenvalue weighted by Crippen LogP contribution is -2.30. The summed E-state index contributed by atoms with van der Waals surface area (Å²) in [6, 6.07) is 12.8. The minimum absolute atomic E-state index is 0.00561. The van der Waals surface area contributed by atoms with Gasteiger partial charge in [-0.25, -0.2) is 13.6 Å². The zero-order valence-corrected chi connectivity index (χ0v) is 18.0. The fourth-order valence-electron chi connectivity index (χ4n) is 2.94. The van der Waals surface area contributed by atoms with Crippen LogP contribution in [0.2, 0.25) is 0 Å². The van der Waals surface area contributed by atoms with E-state index in [4.69, 9.17) is 19.3 Å². The quantitative estimate of drug-likeness (QED) is 0.510. The monoisotopic (exact) mass is 422 g/mol. The molecule has 0 aliphatic carbocycles. The van der Waals surface area contributed by atoms with Gasteiger partial charge in [-0.1, -0.05) is 18.2 Å². The van der Waals surface area contributed by atoms with Crippen molar-refractivity contribution >= 4 is 10.0 Å². The van der Waals surface area contributed by atoms with Gasteiger partial charge in [-0.3, -0.25) is 0 Å². The summed E-state index contributed by atoms with van der Waals surface area (Å²) in [7, 11) is -2.42. The molecule has 0 bridgehead atoms. The highest BCUT2D eigenvalue weighted by molar-refractivity contribution is 7.89. The van der Waals surface area contributed by atoms with E-state index in [0.29, 0.717) is 19.6 Å². The second-order valence-electron chi connectivity index (χ2n) is 6.67. The van der Waals surface area contributed by atoms with Crippen molar-refractivity contribution in [1.29, 1.82) is 0 Å². The Kier molecular flexibility index (Phi) is 8.75. The number of nitrogens with two attached hydrogens (primary N) is 1. The van der Waals surface area contributed by atoms with Crippen LogP contribution in [0, 0.1) is 0 Å². The van der Waals surface area contributed by atoms with E-state index in [-0.39, 0.29) is 16.7 Å². The third-order valence-corrected chi connectivity index (χ3v) is 5.23. The van der Waals surface area contributed by atoms with Crippen LogP contribution in [-0.4, -0.2) is 41.3 Å². The van der Waals surface area contributed by atoms with E-state index in [1.54, 1.807) is 12.1 Å². The largest absolute Gasteiger partial charge is 0.495 e. The SMILES string of the molecule is CCOc1ccccc1OCCCN[C@H](C)Cc1ccc(OC)c(S(N)(=O)=O)c1. The third kappa shape index (κ3) is 7.23. The van der Waals surface area contributed by atoms with Crippen LogP contribution in [0.4, 0.5) is 0 Å². The summed E-state index contributed by atoms with van der Waals surface area (Å²) < 4.78 is 39.9. The topological polar surface area (TPSA) is 99.9 Å². The van der Waals surface area contributed by atoms with Crippen LogP contribution in [0.25, 0.3) is 0 Å². The summed E-state index contributed by atoms with van der Waals surface area (Å²) in [6.45, 7) is 5.93. The lowest BCUT2D eigenvalue weighted by Gasteiger charge is -2.16. The Morgan fingerprint density at radius 2 is 1.76 bits per heavy atom. The molecule has 8 heteroatoms. The Bertz CT molecular complexity index is 886. The molecule has 160 valence electrons. The molecule has 29 heavy (non-hydrogen) atoms. The number of primary sulfonamides is 1. The Labute approximate surface area is 173 Å². The fourth-order valence-corrected chi connectivity index (χ4v) is 3.69. The van der Waals surface area contributed by atoms with E-state index in [0.717, 1.165) is 30.0 Å². The van der Waals surface area contributed by atoms with Crippen LogP contribution >= 0.6 is 0 Å². The molecule has 0 saturated carbocycles. The molecule has 2 aromatic rings. The van der Waals surface area contributed by atoms with Crippen molar-refractivity contribution in [2.45, 2.75) is 37.6 Å². The van der Waals surface area contributed by atoms with Crippen molar-refractivity contribution in [3.63, 3.8) is 0 Å². The molecule has 0 saturated heterocycles. The molecule has 0 aliphatic rings. The van der Waals surface area contributed by atoms with E-state index >= 15 is 0 Å². The Hall–Kier alpha value is -2.29. The van der Waals surface area contributed by atoms with E-state index in [9.17, 15) is 8.42 Å². The first-order chi connectivity index (χ1) is 13.8. The number of nitrogens with one attached hydrogen (secondary N) is 1. The van der Waals surface area contributed by atoms with Gasteiger partial charge in [-0.2, -0.15) is 0 Å². The zero-order valence-electron chi connectivity index (χ0n) is 17.2. The highest BCUT2D eigenvalue weighted by Crippen LogP contribution is 2.26. The van der Waals surface area contributed by atoms with Crippen LogP contribution in [0.5, 0.6) is 17.2 Å².